The van der Waals surface area contributed by atoms with Crippen LogP contribution in [0.25, 0.3) is 6.08 Å². The molecule has 1 heterocycles. The summed E-state index contributed by atoms with van der Waals surface area (Å²) in [6.45, 7) is 0. The number of rotatable bonds is 3. The zero-order valence-electron chi connectivity index (χ0n) is 12.4. The van der Waals surface area contributed by atoms with E-state index in [1.54, 1.807) is 36.4 Å². The first kappa shape index (κ1) is 17.9. The van der Waals surface area contributed by atoms with Gasteiger partial charge in [-0.05, 0) is 35.9 Å². The third kappa shape index (κ3) is 3.57. The summed E-state index contributed by atoms with van der Waals surface area (Å²) in [5.41, 5.74) is 1.09. The summed E-state index contributed by atoms with van der Waals surface area (Å²) < 4.78 is 0.317. The summed E-state index contributed by atoms with van der Waals surface area (Å²) in [5, 5.41) is 9.85. The molecule has 0 unspecified atom stereocenters. The molecule has 4 nitrogen and oxygen atoms in total. The molecule has 1 amide bonds. The van der Waals surface area contributed by atoms with E-state index >= 15 is 0 Å². The molecule has 1 saturated heterocycles. The van der Waals surface area contributed by atoms with Crippen molar-refractivity contribution in [3.63, 3.8) is 0 Å². The fourth-order valence-corrected chi connectivity index (χ4v) is 3.89. The summed E-state index contributed by atoms with van der Waals surface area (Å²) in [6, 6.07) is 11.2. The molecule has 3 rings (SSSR count). The van der Waals surface area contributed by atoms with Crippen LogP contribution >= 0.6 is 47.2 Å². The maximum Gasteiger partial charge on any atom is 0.335 e. The van der Waals surface area contributed by atoms with Crippen molar-refractivity contribution in [2.75, 3.05) is 4.90 Å². The second kappa shape index (κ2) is 7.17. The predicted octanol–water partition coefficient (Wildman–Crippen LogP) is 5.10. The fourth-order valence-electron chi connectivity index (χ4n) is 2.24. The van der Waals surface area contributed by atoms with E-state index in [4.69, 9.17) is 40.5 Å². The topological polar surface area (TPSA) is 57.6 Å². The van der Waals surface area contributed by atoms with Gasteiger partial charge in [-0.1, -0.05) is 65.4 Å². The highest BCUT2D eigenvalue weighted by molar-refractivity contribution is 8.27. The van der Waals surface area contributed by atoms with Crippen molar-refractivity contribution in [1.82, 2.24) is 0 Å². The maximum atomic E-state index is 12.7. The second-order valence-corrected chi connectivity index (χ2v) is 7.48. The Bertz CT molecular complexity index is 943. The Balaban J connectivity index is 1.98. The first-order valence-electron chi connectivity index (χ1n) is 6.94. The molecule has 126 valence electrons. The monoisotopic (exact) mass is 409 g/mol. The molecular weight excluding hydrogens is 401 g/mol. The number of carbonyl (C=O) groups is 2. The summed E-state index contributed by atoms with van der Waals surface area (Å²) in [6.07, 6.45) is 1.62. The number of thiocarbonyl (C=S) groups is 1. The van der Waals surface area contributed by atoms with E-state index in [0.717, 1.165) is 11.8 Å². The highest BCUT2D eigenvalue weighted by Crippen LogP contribution is 2.37. The van der Waals surface area contributed by atoms with Gasteiger partial charge in [0, 0.05) is 0 Å². The Kier molecular flexibility index (Phi) is 5.15. The van der Waals surface area contributed by atoms with Crippen LogP contribution in [0.1, 0.15) is 15.9 Å². The molecule has 0 radical (unpaired) electrons. The average Bonchev–Trinajstić information content (AvgIpc) is 2.86. The third-order valence-electron chi connectivity index (χ3n) is 3.41. The summed E-state index contributed by atoms with van der Waals surface area (Å²) in [5.74, 6) is -1.41. The lowest BCUT2D eigenvalue weighted by atomic mass is 10.2. The quantitative estimate of drug-likeness (QED) is 0.564. The number of hydrogen-bond donors (Lipinski definition) is 1. The largest absolute Gasteiger partial charge is 0.478 e. The average molecular weight is 410 g/mol. The molecule has 0 aliphatic carbocycles. The van der Waals surface area contributed by atoms with E-state index < -0.39 is 5.97 Å². The van der Waals surface area contributed by atoms with Crippen LogP contribution in [0.4, 0.5) is 5.69 Å². The van der Waals surface area contributed by atoms with Crippen molar-refractivity contribution in [3.8, 4) is 0 Å². The molecule has 1 aliphatic rings. The summed E-state index contributed by atoms with van der Waals surface area (Å²) in [4.78, 5) is 25.5. The Labute approximate surface area is 163 Å². The zero-order valence-corrected chi connectivity index (χ0v) is 15.5. The minimum Gasteiger partial charge on any atom is -0.478 e. The van der Waals surface area contributed by atoms with E-state index in [-0.39, 0.29) is 11.5 Å². The maximum absolute atomic E-state index is 12.7. The van der Waals surface area contributed by atoms with Gasteiger partial charge in [0.2, 0.25) is 0 Å². The summed E-state index contributed by atoms with van der Waals surface area (Å²) in [7, 11) is 0. The van der Waals surface area contributed by atoms with Crippen LogP contribution in [0.5, 0.6) is 0 Å². The van der Waals surface area contributed by atoms with Crippen molar-refractivity contribution in [2.24, 2.45) is 0 Å². The van der Waals surface area contributed by atoms with Crippen molar-refractivity contribution in [3.05, 3.63) is 68.5 Å². The molecule has 0 atom stereocenters. The van der Waals surface area contributed by atoms with Gasteiger partial charge in [0.25, 0.3) is 5.91 Å². The van der Waals surface area contributed by atoms with Gasteiger partial charge >= 0.3 is 5.97 Å². The molecule has 25 heavy (non-hydrogen) atoms. The van der Waals surface area contributed by atoms with Gasteiger partial charge in [0.05, 0.1) is 26.2 Å². The Hall–Kier alpha value is -1.86. The van der Waals surface area contributed by atoms with E-state index in [1.807, 2.05) is 0 Å². The number of benzene rings is 2. The second-order valence-electron chi connectivity index (χ2n) is 5.02. The Morgan fingerprint density at radius 1 is 1.20 bits per heavy atom. The number of thioether (sulfide) groups is 1. The zero-order chi connectivity index (χ0) is 18.1. The number of carboxylic acid groups (broad SMARTS) is 1. The van der Waals surface area contributed by atoms with E-state index in [2.05, 4.69) is 0 Å². The SMILES string of the molecule is O=C(O)c1cccc(N2C(=O)/C(=C/c3cccc(Cl)c3Cl)SC2=S)c1. The molecule has 1 fully saturated rings. The molecule has 0 bridgehead atoms. The van der Waals surface area contributed by atoms with Gasteiger partial charge in [0.1, 0.15) is 0 Å². The lowest BCUT2D eigenvalue weighted by Crippen LogP contribution is -2.27. The van der Waals surface area contributed by atoms with Gasteiger partial charge in [-0.25, -0.2) is 4.79 Å². The van der Waals surface area contributed by atoms with Crippen LogP contribution in [0.2, 0.25) is 10.0 Å². The molecule has 2 aromatic rings. The molecule has 8 heteroatoms. The lowest BCUT2D eigenvalue weighted by Gasteiger charge is -2.14. The van der Waals surface area contributed by atoms with Crippen molar-refractivity contribution in [1.29, 1.82) is 0 Å². The number of halogens is 2. The van der Waals surface area contributed by atoms with Gasteiger partial charge in [0.15, 0.2) is 4.32 Å². The molecule has 1 aliphatic heterocycles. The van der Waals surface area contributed by atoms with Crippen LogP contribution < -0.4 is 4.90 Å². The normalized spacial score (nSPS) is 15.9. The molecular formula is C17H9Cl2NO3S2. The van der Waals surface area contributed by atoms with Crippen LogP contribution in [-0.4, -0.2) is 21.3 Å². The van der Waals surface area contributed by atoms with Gasteiger partial charge < -0.3 is 5.11 Å². The molecule has 1 N–H and O–H groups in total. The Morgan fingerprint density at radius 3 is 2.64 bits per heavy atom. The number of hydrogen-bond acceptors (Lipinski definition) is 4. The lowest BCUT2D eigenvalue weighted by molar-refractivity contribution is -0.113. The Morgan fingerprint density at radius 2 is 1.92 bits per heavy atom. The standard InChI is InChI=1S/C17H9Cl2NO3S2/c18-12-6-2-3-9(14(12)19)8-13-15(21)20(17(24)25-13)11-5-1-4-10(7-11)16(22)23/h1-8H,(H,22,23)/b13-8-. The van der Waals surface area contributed by atoms with Gasteiger partial charge in [-0.3, -0.25) is 9.69 Å². The van der Waals surface area contributed by atoms with E-state index in [0.29, 0.717) is 30.5 Å². The molecule has 2 aromatic carbocycles. The summed E-state index contributed by atoms with van der Waals surface area (Å²) >= 11 is 18.5. The number of aromatic carboxylic acids is 1. The molecule has 0 saturated carbocycles. The highest BCUT2D eigenvalue weighted by atomic mass is 35.5. The third-order valence-corrected chi connectivity index (χ3v) is 5.55. The number of carbonyl (C=O) groups excluding carboxylic acids is 1. The van der Waals surface area contributed by atoms with Crippen LogP contribution in [0, 0.1) is 0 Å². The van der Waals surface area contributed by atoms with Crippen molar-refractivity contribution in [2.45, 2.75) is 0 Å². The molecule has 0 aromatic heterocycles. The van der Waals surface area contributed by atoms with E-state index in [9.17, 15) is 9.59 Å². The fraction of sp³-hybridized carbons (Fsp3) is 0. The number of anilines is 1. The van der Waals surface area contributed by atoms with E-state index in [1.165, 1.54) is 17.0 Å². The predicted molar refractivity (Wildman–Crippen MR) is 106 cm³/mol. The van der Waals surface area contributed by atoms with Crippen molar-refractivity contribution >= 4 is 75.1 Å². The van der Waals surface area contributed by atoms with Crippen LogP contribution in [0.15, 0.2) is 47.4 Å². The minimum atomic E-state index is -1.08. The number of carboxylic acids is 1. The minimum absolute atomic E-state index is 0.0772. The van der Waals surface area contributed by atoms with Crippen LogP contribution in [0.3, 0.4) is 0 Å². The first-order valence-corrected chi connectivity index (χ1v) is 8.92. The van der Waals surface area contributed by atoms with Crippen LogP contribution in [-0.2, 0) is 4.79 Å². The first-order chi connectivity index (χ1) is 11.9. The molecule has 0 spiro atoms. The number of amides is 1. The van der Waals surface area contributed by atoms with Crippen molar-refractivity contribution < 1.29 is 14.7 Å². The smallest absolute Gasteiger partial charge is 0.335 e. The highest BCUT2D eigenvalue weighted by Gasteiger charge is 2.33. The van der Waals surface area contributed by atoms with Gasteiger partial charge in [-0.15, -0.1) is 0 Å². The van der Waals surface area contributed by atoms with Gasteiger partial charge in [-0.2, -0.15) is 0 Å². The number of nitrogens with zero attached hydrogens (tertiary/aromatic N) is 1.